The van der Waals surface area contributed by atoms with Crippen molar-refractivity contribution >= 4 is 22.8 Å². The van der Waals surface area contributed by atoms with E-state index in [4.69, 9.17) is 5.11 Å². The van der Waals surface area contributed by atoms with Crippen LogP contribution < -0.4 is 0 Å². The smallest absolute Gasteiger partial charge is 0.311 e. The van der Waals surface area contributed by atoms with Crippen molar-refractivity contribution in [2.45, 2.75) is 37.5 Å². The Morgan fingerprint density at radius 3 is 2.12 bits per heavy atom. The second-order valence-corrected chi connectivity index (χ2v) is 5.95. The molecule has 0 heterocycles. The molecule has 17 heavy (non-hydrogen) atoms. The van der Waals surface area contributed by atoms with Crippen LogP contribution in [0.15, 0.2) is 29.2 Å². The number of hydrogen-bond donors (Lipinski definition) is 1. The Morgan fingerprint density at radius 1 is 1.18 bits per heavy atom. The topological polar surface area (TPSA) is 54.4 Å². The van der Waals surface area contributed by atoms with Gasteiger partial charge in [0.2, 0.25) is 5.12 Å². The molecule has 0 amide bonds. The van der Waals surface area contributed by atoms with Crippen LogP contribution in [0.25, 0.3) is 0 Å². The number of benzene rings is 1. The normalized spacial score (nSPS) is 11.2. The van der Waals surface area contributed by atoms with Gasteiger partial charge in [-0.15, -0.1) is 0 Å². The second kappa shape index (κ2) is 5.36. The molecule has 0 saturated heterocycles. The van der Waals surface area contributed by atoms with Gasteiger partial charge in [-0.3, -0.25) is 9.59 Å². The van der Waals surface area contributed by atoms with E-state index in [-0.39, 0.29) is 10.5 Å². The zero-order valence-electron chi connectivity index (χ0n) is 10.2. The Hall–Kier alpha value is -1.29. The Bertz CT molecular complexity index is 415. The van der Waals surface area contributed by atoms with Gasteiger partial charge >= 0.3 is 5.97 Å². The molecule has 1 N–H and O–H groups in total. The van der Waals surface area contributed by atoms with E-state index < -0.39 is 12.4 Å². The molecule has 92 valence electrons. The number of rotatable bonds is 3. The van der Waals surface area contributed by atoms with Crippen LogP contribution >= 0.6 is 11.8 Å². The molecule has 0 unspecified atom stereocenters. The summed E-state index contributed by atoms with van der Waals surface area (Å²) in [5.74, 6) is -1.09. The Morgan fingerprint density at radius 2 is 1.71 bits per heavy atom. The third-order valence-corrected chi connectivity index (χ3v) is 3.13. The van der Waals surface area contributed by atoms with Crippen molar-refractivity contribution in [3.05, 3.63) is 29.8 Å². The molecule has 1 aromatic rings. The summed E-state index contributed by atoms with van der Waals surface area (Å²) in [6.45, 7) is 6.35. The predicted molar refractivity (Wildman–Crippen MR) is 68.3 cm³/mol. The van der Waals surface area contributed by atoms with E-state index in [2.05, 4.69) is 20.8 Å². The number of carbonyl (C=O) groups excluding carboxylic acids is 1. The Labute approximate surface area is 105 Å². The highest BCUT2D eigenvalue weighted by molar-refractivity contribution is 8.13. The summed E-state index contributed by atoms with van der Waals surface area (Å²) >= 11 is 0.972. The molecule has 0 bridgehead atoms. The predicted octanol–water partition coefficient (Wildman–Crippen LogP) is 3.08. The molecule has 0 fully saturated rings. The first-order valence-corrected chi connectivity index (χ1v) is 6.14. The van der Waals surface area contributed by atoms with Crippen molar-refractivity contribution in [1.82, 2.24) is 0 Å². The van der Waals surface area contributed by atoms with Crippen LogP contribution in [-0.2, 0) is 15.0 Å². The molecule has 0 spiro atoms. The minimum atomic E-state index is -1.09. The third-order valence-electron chi connectivity index (χ3n) is 2.25. The Balaban J connectivity index is 2.69. The zero-order chi connectivity index (χ0) is 13.1. The molecule has 0 aliphatic rings. The molecule has 4 heteroatoms. The van der Waals surface area contributed by atoms with E-state index in [0.717, 1.165) is 16.7 Å². The molecular formula is C13H16O3S. The Kier molecular flexibility index (Phi) is 4.34. The van der Waals surface area contributed by atoms with Gasteiger partial charge < -0.3 is 5.11 Å². The highest BCUT2D eigenvalue weighted by Crippen LogP contribution is 2.26. The number of carbonyl (C=O) groups is 2. The minimum absolute atomic E-state index is 0.0776. The lowest BCUT2D eigenvalue weighted by atomic mass is 9.87. The van der Waals surface area contributed by atoms with Crippen molar-refractivity contribution < 1.29 is 14.7 Å². The highest BCUT2D eigenvalue weighted by Gasteiger charge is 2.14. The van der Waals surface area contributed by atoms with Gasteiger partial charge in [-0.1, -0.05) is 44.7 Å². The van der Waals surface area contributed by atoms with Crippen LogP contribution in [0.2, 0.25) is 0 Å². The lowest BCUT2D eigenvalue weighted by molar-refractivity contribution is -0.138. The van der Waals surface area contributed by atoms with Crippen LogP contribution in [0, 0.1) is 0 Å². The van der Waals surface area contributed by atoms with Gasteiger partial charge in [-0.25, -0.2) is 0 Å². The summed E-state index contributed by atoms with van der Waals surface area (Å²) in [4.78, 5) is 22.4. The van der Waals surface area contributed by atoms with Crippen LogP contribution in [-0.4, -0.2) is 16.2 Å². The minimum Gasteiger partial charge on any atom is -0.481 e. The van der Waals surface area contributed by atoms with Crippen molar-refractivity contribution in [3.63, 3.8) is 0 Å². The van der Waals surface area contributed by atoms with E-state index in [1.54, 1.807) is 0 Å². The summed E-state index contributed by atoms with van der Waals surface area (Å²) < 4.78 is 0. The number of hydrogen-bond acceptors (Lipinski definition) is 3. The fourth-order valence-corrected chi connectivity index (χ4v) is 2.04. The van der Waals surface area contributed by atoms with Crippen LogP contribution in [0.3, 0.4) is 0 Å². The van der Waals surface area contributed by atoms with E-state index in [1.807, 2.05) is 24.3 Å². The first-order valence-electron chi connectivity index (χ1n) is 5.32. The van der Waals surface area contributed by atoms with Gasteiger partial charge in [0.15, 0.2) is 0 Å². The molecule has 3 nitrogen and oxygen atoms in total. The monoisotopic (exact) mass is 252 g/mol. The van der Waals surface area contributed by atoms with E-state index in [1.165, 1.54) is 5.56 Å². The van der Waals surface area contributed by atoms with Crippen LogP contribution in [0.4, 0.5) is 0 Å². The third kappa shape index (κ3) is 4.61. The second-order valence-electron chi connectivity index (χ2n) is 4.82. The summed E-state index contributed by atoms with van der Waals surface area (Å²) in [7, 11) is 0. The van der Waals surface area contributed by atoms with Crippen LogP contribution in [0.5, 0.6) is 0 Å². The largest absolute Gasteiger partial charge is 0.481 e. The van der Waals surface area contributed by atoms with Gasteiger partial charge in [-0.2, -0.15) is 0 Å². The van der Waals surface area contributed by atoms with E-state index in [9.17, 15) is 9.59 Å². The number of thioether (sulfide) groups is 1. The maximum atomic E-state index is 11.3. The van der Waals surface area contributed by atoms with Crippen molar-refractivity contribution in [2.75, 3.05) is 0 Å². The van der Waals surface area contributed by atoms with Gasteiger partial charge in [0, 0.05) is 4.90 Å². The highest BCUT2D eigenvalue weighted by atomic mass is 32.2. The lowest BCUT2D eigenvalue weighted by Crippen LogP contribution is -2.10. The quantitative estimate of drug-likeness (QED) is 0.663. The van der Waals surface area contributed by atoms with Crippen molar-refractivity contribution in [2.24, 2.45) is 0 Å². The fourth-order valence-electron chi connectivity index (χ4n) is 1.31. The maximum absolute atomic E-state index is 11.3. The molecule has 0 aliphatic heterocycles. The summed E-state index contributed by atoms with van der Waals surface area (Å²) in [6.07, 6.45) is -0.439. The number of aliphatic carboxylic acids is 1. The lowest BCUT2D eigenvalue weighted by Gasteiger charge is -2.18. The molecule has 1 aromatic carbocycles. The first kappa shape index (κ1) is 13.8. The molecule has 0 aromatic heterocycles. The zero-order valence-corrected chi connectivity index (χ0v) is 11.0. The molecule has 0 radical (unpaired) electrons. The van der Waals surface area contributed by atoms with Gasteiger partial charge in [0.1, 0.15) is 6.42 Å². The number of carboxylic acids is 1. The fraction of sp³-hybridized carbons (Fsp3) is 0.385. The van der Waals surface area contributed by atoms with E-state index in [0.29, 0.717) is 0 Å². The van der Waals surface area contributed by atoms with Crippen molar-refractivity contribution in [3.8, 4) is 0 Å². The standard InChI is InChI=1S/C13H16O3S/c1-13(2,3)9-4-6-10(7-5-9)17-12(16)8-11(14)15/h4-7H,8H2,1-3H3,(H,14,15). The van der Waals surface area contributed by atoms with E-state index >= 15 is 0 Å². The van der Waals surface area contributed by atoms with Crippen LogP contribution in [0.1, 0.15) is 32.8 Å². The van der Waals surface area contributed by atoms with Gasteiger partial charge in [0.05, 0.1) is 0 Å². The SMILES string of the molecule is CC(C)(C)c1ccc(SC(=O)CC(=O)O)cc1. The summed E-state index contributed by atoms with van der Waals surface area (Å²) in [5.41, 5.74) is 1.27. The molecule has 0 saturated carbocycles. The first-order chi connectivity index (χ1) is 7.79. The number of carboxylic acid groups (broad SMARTS) is 1. The van der Waals surface area contributed by atoms with Gasteiger partial charge in [0.25, 0.3) is 0 Å². The average molecular weight is 252 g/mol. The summed E-state index contributed by atoms with van der Waals surface area (Å²) in [5, 5.41) is 8.13. The molecule has 1 rings (SSSR count). The molecule has 0 aliphatic carbocycles. The average Bonchev–Trinajstić information content (AvgIpc) is 2.15. The maximum Gasteiger partial charge on any atom is 0.311 e. The molecular weight excluding hydrogens is 236 g/mol. The van der Waals surface area contributed by atoms with Gasteiger partial charge in [-0.05, 0) is 23.1 Å². The molecule has 0 atom stereocenters. The van der Waals surface area contributed by atoms with Crippen molar-refractivity contribution in [1.29, 1.82) is 0 Å². The summed E-state index contributed by atoms with van der Waals surface area (Å²) in [6, 6.07) is 7.64.